The molecule has 2 rings (SSSR count). The molecule has 1 fully saturated rings. The molecule has 1 amide bonds. The molecule has 104 valence electrons. The minimum Gasteiger partial charge on any atom is -0.504 e. The topological polar surface area (TPSA) is 90.0 Å². The largest absolute Gasteiger partial charge is 0.504 e. The number of phenols is 2. The van der Waals surface area contributed by atoms with Crippen LogP contribution in [0.2, 0.25) is 0 Å². The van der Waals surface area contributed by atoms with Gasteiger partial charge in [0.05, 0.1) is 11.6 Å². The third-order valence-corrected chi connectivity index (χ3v) is 3.46. The highest BCUT2D eigenvalue weighted by molar-refractivity contribution is 5.97. The molecule has 1 unspecified atom stereocenters. The van der Waals surface area contributed by atoms with Crippen LogP contribution >= 0.6 is 0 Å². The number of rotatable bonds is 2. The zero-order valence-corrected chi connectivity index (χ0v) is 10.9. The molecule has 1 aliphatic rings. The lowest BCUT2D eigenvalue weighted by atomic mass is 10.1. The van der Waals surface area contributed by atoms with Gasteiger partial charge in [0, 0.05) is 26.2 Å². The van der Waals surface area contributed by atoms with Gasteiger partial charge in [-0.2, -0.15) is 0 Å². The zero-order chi connectivity index (χ0) is 14.0. The van der Waals surface area contributed by atoms with Gasteiger partial charge >= 0.3 is 0 Å². The fourth-order valence-electron chi connectivity index (χ4n) is 2.34. The molecule has 0 aromatic heterocycles. The second kappa shape index (κ2) is 5.46. The van der Waals surface area contributed by atoms with Crippen LogP contribution in [0, 0.1) is 0 Å². The van der Waals surface area contributed by atoms with E-state index < -0.39 is 0 Å². The van der Waals surface area contributed by atoms with E-state index in [1.165, 1.54) is 18.2 Å². The number of hydrogen-bond donors (Lipinski definition) is 3. The van der Waals surface area contributed by atoms with Crippen molar-refractivity contribution in [3.63, 3.8) is 0 Å². The van der Waals surface area contributed by atoms with Crippen molar-refractivity contribution in [1.82, 2.24) is 9.80 Å². The highest BCUT2D eigenvalue weighted by atomic mass is 16.3. The van der Waals surface area contributed by atoms with E-state index in [2.05, 4.69) is 4.90 Å². The molecular formula is C13H19N3O3. The van der Waals surface area contributed by atoms with Crippen LogP contribution in [0.25, 0.3) is 0 Å². The van der Waals surface area contributed by atoms with Crippen molar-refractivity contribution in [2.75, 3.05) is 33.2 Å². The minimum atomic E-state index is -0.373. The Morgan fingerprint density at radius 3 is 2.84 bits per heavy atom. The van der Waals surface area contributed by atoms with Crippen LogP contribution in [-0.4, -0.2) is 65.2 Å². The number of piperazine rings is 1. The Labute approximate surface area is 112 Å². The van der Waals surface area contributed by atoms with E-state index in [1.807, 2.05) is 7.05 Å². The summed E-state index contributed by atoms with van der Waals surface area (Å²) in [6.45, 7) is 2.41. The van der Waals surface area contributed by atoms with Crippen molar-refractivity contribution in [2.45, 2.75) is 6.04 Å². The first kappa shape index (κ1) is 13.6. The average molecular weight is 265 g/mol. The van der Waals surface area contributed by atoms with E-state index in [0.717, 1.165) is 6.54 Å². The van der Waals surface area contributed by atoms with Gasteiger partial charge < -0.3 is 25.7 Å². The third-order valence-electron chi connectivity index (χ3n) is 3.46. The number of likely N-dealkylation sites (N-methyl/N-ethyl adjacent to an activating group) is 1. The van der Waals surface area contributed by atoms with Crippen LogP contribution < -0.4 is 5.73 Å². The molecule has 4 N–H and O–H groups in total. The first-order valence-electron chi connectivity index (χ1n) is 6.25. The number of nitrogens with two attached hydrogens (primary N) is 1. The summed E-state index contributed by atoms with van der Waals surface area (Å²) in [6.07, 6.45) is 0. The van der Waals surface area contributed by atoms with Crippen molar-refractivity contribution >= 4 is 5.91 Å². The number of carbonyl (C=O) groups excluding carboxylic acids is 1. The highest BCUT2D eigenvalue weighted by Gasteiger charge is 2.30. The number of aromatic hydroxyl groups is 2. The second-order valence-electron chi connectivity index (χ2n) is 4.82. The van der Waals surface area contributed by atoms with E-state index in [4.69, 9.17) is 5.73 Å². The fourth-order valence-corrected chi connectivity index (χ4v) is 2.34. The van der Waals surface area contributed by atoms with Gasteiger partial charge in [-0.1, -0.05) is 6.07 Å². The molecule has 1 saturated heterocycles. The van der Waals surface area contributed by atoms with E-state index in [0.29, 0.717) is 19.6 Å². The van der Waals surface area contributed by atoms with Gasteiger partial charge in [0.25, 0.3) is 5.91 Å². The quantitative estimate of drug-likeness (QED) is 0.645. The van der Waals surface area contributed by atoms with Crippen LogP contribution in [0.1, 0.15) is 10.4 Å². The van der Waals surface area contributed by atoms with Crippen LogP contribution in [0.15, 0.2) is 18.2 Å². The monoisotopic (exact) mass is 265 g/mol. The summed E-state index contributed by atoms with van der Waals surface area (Å²) in [5, 5.41) is 19.2. The molecule has 0 bridgehead atoms. The Balaban J connectivity index is 2.25. The summed E-state index contributed by atoms with van der Waals surface area (Å²) in [5.41, 5.74) is 5.82. The van der Waals surface area contributed by atoms with Gasteiger partial charge in [-0.25, -0.2) is 0 Å². The van der Waals surface area contributed by atoms with E-state index >= 15 is 0 Å². The van der Waals surface area contributed by atoms with Crippen molar-refractivity contribution in [2.24, 2.45) is 5.73 Å². The standard InChI is InChI=1S/C13H19N3O3/c1-15-5-6-16(9(7-14)8-15)13(19)10-3-2-4-11(17)12(10)18/h2-4,9,17-18H,5-8,14H2,1H3. The molecule has 19 heavy (non-hydrogen) atoms. The predicted octanol–water partition coefficient (Wildman–Crippen LogP) is -0.187. The SMILES string of the molecule is CN1CCN(C(=O)c2cccc(O)c2O)C(CN)C1. The van der Waals surface area contributed by atoms with Crippen LogP contribution in [0.3, 0.4) is 0 Å². The molecule has 6 heteroatoms. The van der Waals surface area contributed by atoms with Crippen molar-refractivity contribution in [1.29, 1.82) is 0 Å². The Morgan fingerprint density at radius 2 is 2.16 bits per heavy atom. The molecule has 0 saturated carbocycles. The number of benzene rings is 1. The van der Waals surface area contributed by atoms with Crippen molar-refractivity contribution < 1.29 is 15.0 Å². The fraction of sp³-hybridized carbons (Fsp3) is 0.462. The lowest BCUT2D eigenvalue weighted by molar-refractivity contribution is 0.0512. The maximum Gasteiger partial charge on any atom is 0.258 e. The molecule has 0 radical (unpaired) electrons. The Kier molecular flexibility index (Phi) is 3.92. The lowest BCUT2D eigenvalue weighted by Gasteiger charge is -2.39. The molecule has 1 aromatic carbocycles. The van der Waals surface area contributed by atoms with Gasteiger partial charge in [-0.15, -0.1) is 0 Å². The number of amides is 1. The van der Waals surface area contributed by atoms with Gasteiger partial charge in [0.15, 0.2) is 11.5 Å². The maximum atomic E-state index is 12.4. The molecule has 0 spiro atoms. The van der Waals surface area contributed by atoms with E-state index in [1.54, 1.807) is 4.90 Å². The Bertz CT molecular complexity index is 478. The number of hydrogen-bond acceptors (Lipinski definition) is 5. The smallest absolute Gasteiger partial charge is 0.258 e. The van der Waals surface area contributed by atoms with Crippen LogP contribution in [0.5, 0.6) is 11.5 Å². The maximum absolute atomic E-state index is 12.4. The summed E-state index contributed by atoms with van der Waals surface area (Å²) >= 11 is 0. The van der Waals surface area contributed by atoms with Crippen LogP contribution in [0.4, 0.5) is 0 Å². The van der Waals surface area contributed by atoms with Gasteiger partial charge in [-0.3, -0.25) is 4.79 Å². The van der Waals surface area contributed by atoms with Gasteiger partial charge in [0.1, 0.15) is 0 Å². The Hall–Kier alpha value is -1.79. The van der Waals surface area contributed by atoms with Gasteiger partial charge in [0.2, 0.25) is 0 Å². The molecule has 1 aliphatic heterocycles. The normalized spacial score (nSPS) is 20.5. The number of nitrogens with zero attached hydrogens (tertiary/aromatic N) is 2. The number of carbonyl (C=O) groups is 1. The van der Waals surface area contributed by atoms with Crippen LogP contribution in [-0.2, 0) is 0 Å². The van der Waals surface area contributed by atoms with E-state index in [9.17, 15) is 15.0 Å². The molecule has 6 nitrogen and oxygen atoms in total. The predicted molar refractivity (Wildman–Crippen MR) is 71.1 cm³/mol. The first-order valence-corrected chi connectivity index (χ1v) is 6.25. The summed E-state index contributed by atoms with van der Waals surface area (Å²) < 4.78 is 0. The summed E-state index contributed by atoms with van der Waals surface area (Å²) in [7, 11) is 1.98. The average Bonchev–Trinajstić information content (AvgIpc) is 2.41. The zero-order valence-electron chi connectivity index (χ0n) is 10.9. The first-order chi connectivity index (χ1) is 9.04. The molecule has 0 aliphatic carbocycles. The summed E-state index contributed by atoms with van der Waals surface area (Å²) in [4.78, 5) is 16.2. The Morgan fingerprint density at radius 1 is 1.42 bits per heavy atom. The second-order valence-corrected chi connectivity index (χ2v) is 4.82. The molecule has 1 atom stereocenters. The number of para-hydroxylation sites is 1. The third kappa shape index (κ3) is 2.64. The highest BCUT2D eigenvalue weighted by Crippen LogP contribution is 2.29. The minimum absolute atomic E-state index is 0.0759. The van der Waals surface area contributed by atoms with Crippen molar-refractivity contribution in [3.05, 3.63) is 23.8 Å². The number of phenolic OH excluding ortho intramolecular Hbond substituents is 2. The summed E-state index contributed by atoms with van der Waals surface area (Å²) in [6, 6.07) is 4.31. The van der Waals surface area contributed by atoms with Crippen molar-refractivity contribution in [3.8, 4) is 11.5 Å². The summed E-state index contributed by atoms with van der Waals surface area (Å²) in [5.74, 6) is -0.955. The van der Waals surface area contributed by atoms with Gasteiger partial charge in [-0.05, 0) is 19.2 Å². The molecule has 1 aromatic rings. The lowest BCUT2D eigenvalue weighted by Crippen LogP contribution is -2.56. The molecular weight excluding hydrogens is 246 g/mol. The van der Waals surface area contributed by atoms with E-state index in [-0.39, 0.29) is 29.0 Å². The molecule has 1 heterocycles.